The van der Waals surface area contributed by atoms with Crippen molar-refractivity contribution in [3.05, 3.63) is 22.6 Å². The van der Waals surface area contributed by atoms with Crippen LogP contribution in [0.2, 0.25) is 0 Å². The Morgan fingerprint density at radius 3 is 2.44 bits per heavy atom. The zero-order valence-electron chi connectivity index (χ0n) is 19.8. The van der Waals surface area contributed by atoms with Gasteiger partial charge < -0.3 is 24.3 Å². The van der Waals surface area contributed by atoms with Crippen LogP contribution in [0.4, 0.5) is 0 Å². The van der Waals surface area contributed by atoms with Gasteiger partial charge in [-0.3, -0.25) is 19.4 Å². The number of hydrogen-bond acceptors (Lipinski definition) is 9. The summed E-state index contributed by atoms with van der Waals surface area (Å²) in [5.74, 6) is 1.15. The molecule has 3 rings (SSSR count). The van der Waals surface area contributed by atoms with E-state index in [1.165, 1.54) is 38.0 Å². The summed E-state index contributed by atoms with van der Waals surface area (Å²) >= 11 is 6.60. The molecule has 2 fully saturated rings. The Morgan fingerprint density at radius 2 is 1.82 bits per heavy atom. The average Bonchev–Trinajstić information content (AvgIpc) is 3.12. The predicted molar refractivity (Wildman–Crippen MR) is 135 cm³/mol. The van der Waals surface area contributed by atoms with E-state index in [4.69, 9.17) is 31.2 Å². The summed E-state index contributed by atoms with van der Waals surface area (Å²) in [7, 11) is 4.61. The second-order valence-corrected chi connectivity index (χ2v) is 9.38. The zero-order chi connectivity index (χ0) is 24.5. The number of nitrogens with zero attached hydrogens (tertiary/aromatic N) is 2. The van der Waals surface area contributed by atoms with Gasteiger partial charge in [-0.25, -0.2) is 0 Å². The second-order valence-electron chi connectivity index (χ2n) is 7.70. The molecule has 1 N–H and O–H groups in total. The van der Waals surface area contributed by atoms with E-state index in [1.54, 1.807) is 18.2 Å². The third-order valence-corrected chi connectivity index (χ3v) is 6.88. The zero-order valence-corrected chi connectivity index (χ0v) is 21.4. The highest BCUT2D eigenvalue weighted by Crippen LogP contribution is 2.40. The van der Waals surface area contributed by atoms with Crippen molar-refractivity contribution in [3.63, 3.8) is 0 Å². The van der Waals surface area contributed by atoms with Gasteiger partial charge in [-0.2, -0.15) is 0 Å². The number of methoxy groups -OCH3 is 3. The van der Waals surface area contributed by atoms with E-state index < -0.39 is 0 Å². The minimum absolute atomic E-state index is 0.0929. The van der Waals surface area contributed by atoms with Crippen LogP contribution >= 0.6 is 24.0 Å². The molecule has 0 aliphatic carbocycles. The molecule has 0 radical (unpaired) electrons. The average molecular weight is 510 g/mol. The molecule has 2 heterocycles. The fraction of sp³-hybridized carbons (Fsp3) is 0.522. The highest BCUT2D eigenvalue weighted by atomic mass is 32.2. The monoisotopic (exact) mass is 509 g/mol. The number of rotatable bonds is 11. The molecule has 0 spiro atoms. The number of thioether (sulfide) groups is 1. The van der Waals surface area contributed by atoms with Crippen LogP contribution in [0.15, 0.2) is 17.0 Å². The van der Waals surface area contributed by atoms with Crippen LogP contribution in [0, 0.1) is 0 Å². The first-order valence-corrected chi connectivity index (χ1v) is 12.3. The van der Waals surface area contributed by atoms with E-state index in [0.29, 0.717) is 38.6 Å². The smallest absolute Gasteiger partial charge is 0.266 e. The Kier molecular flexibility index (Phi) is 10.00. The van der Waals surface area contributed by atoms with Crippen molar-refractivity contribution in [3.8, 4) is 17.2 Å². The summed E-state index contributed by atoms with van der Waals surface area (Å²) in [6, 6.07) is 3.52. The molecular formula is C23H31N3O6S2. The van der Waals surface area contributed by atoms with Crippen LogP contribution in [0.3, 0.4) is 0 Å². The Balaban J connectivity index is 1.52. The van der Waals surface area contributed by atoms with Crippen molar-refractivity contribution in [1.29, 1.82) is 0 Å². The van der Waals surface area contributed by atoms with Crippen LogP contribution < -0.4 is 19.5 Å². The maximum Gasteiger partial charge on any atom is 0.266 e. The molecule has 0 bridgehead atoms. The van der Waals surface area contributed by atoms with E-state index in [1.807, 2.05) is 0 Å². The summed E-state index contributed by atoms with van der Waals surface area (Å²) < 4.78 is 21.9. The van der Waals surface area contributed by atoms with E-state index >= 15 is 0 Å². The Bertz CT molecular complexity index is 908. The number of carbonyl (C=O) groups is 2. The lowest BCUT2D eigenvalue weighted by molar-refractivity contribution is -0.123. The van der Waals surface area contributed by atoms with Gasteiger partial charge in [0.05, 0.1) is 39.4 Å². The number of carbonyl (C=O) groups excluding carboxylic acids is 2. The number of benzene rings is 1. The van der Waals surface area contributed by atoms with E-state index in [9.17, 15) is 9.59 Å². The summed E-state index contributed by atoms with van der Waals surface area (Å²) in [5.41, 5.74) is 0.716. The summed E-state index contributed by atoms with van der Waals surface area (Å²) in [5, 5.41) is 2.92. The third kappa shape index (κ3) is 6.84. The first kappa shape index (κ1) is 26.3. The highest BCUT2D eigenvalue weighted by Gasteiger charge is 2.32. The van der Waals surface area contributed by atoms with E-state index in [-0.39, 0.29) is 24.8 Å². The molecule has 1 aromatic rings. The molecule has 0 saturated carbocycles. The lowest BCUT2D eigenvalue weighted by Gasteiger charge is -2.26. The summed E-state index contributed by atoms with van der Waals surface area (Å²) in [6.07, 6.45) is 2.81. The number of thiocarbonyl (C=S) groups is 1. The molecule has 0 unspecified atom stereocenters. The Hall–Kier alpha value is -2.34. The number of hydrogen-bond donors (Lipinski definition) is 1. The lowest BCUT2D eigenvalue weighted by atomic mass is 10.1. The summed E-state index contributed by atoms with van der Waals surface area (Å²) in [6.45, 7) is 5.19. The normalized spacial score (nSPS) is 17.9. The van der Waals surface area contributed by atoms with Crippen molar-refractivity contribution in [2.45, 2.75) is 12.8 Å². The first-order chi connectivity index (χ1) is 16.5. The van der Waals surface area contributed by atoms with Crippen LogP contribution in [0.1, 0.15) is 18.4 Å². The largest absolute Gasteiger partial charge is 0.493 e. The van der Waals surface area contributed by atoms with Crippen molar-refractivity contribution >= 4 is 46.2 Å². The van der Waals surface area contributed by atoms with Crippen molar-refractivity contribution in [2.24, 2.45) is 0 Å². The van der Waals surface area contributed by atoms with Gasteiger partial charge in [-0.1, -0.05) is 24.0 Å². The van der Waals surface area contributed by atoms with Gasteiger partial charge in [0.25, 0.3) is 5.91 Å². The molecule has 2 aliphatic rings. The maximum atomic E-state index is 12.9. The van der Waals surface area contributed by atoms with E-state index in [2.05, 4.69) is 10.2 Å². The molecule has 9 nitrogen and oxygen atoms in total. The minimum atomic E-state index is -0.219. The molecule has 0 atom stereocenters. The third-order valence-electron chi connectivity index (χ3n) is 5.50. The van der Waals surface area contributed by atoms with Crippen molar-refractivity contribution in [2.75, 3.05) is 67.3 Å². The second kappa shape index (κ2) is 12.9. The molecule has 2 amide bonds. The van der Waals surface area contributed by atoms with Crippen LogP contribution in [0.5, 0.6) is 17.2 Å². The Labute approximate surface area is 209 Å². The van der Waals surface area contributed by atoms with Crippen LogP contribution in [-0.4, -0.2) is 93.2 Å². The molecule has 34 heavy (non-hydrogen) atoms. The van der Waals surface area contributed by atoms with Gasteiger partial charge >= 0.3 is 0 Å². The molecule has 0 aromatic heterocycles. The number of ether oxygens (including phenoxy) is 4. The first-order valence-electron chi connectivity index (χ1n) is 11.1. The number of amides is 2. The SMILES string of the molecule is COc1cc(C=C2SC(=S)N(CCC(=O)NCCCN3CCOCC3)C2=O)cc(OC)c1OC. The quantitative estimate of drug-likeness (QED) is 0.274. The highest BCUT2D eigenvalue weighted by molar-refractivity contribution is 8.26. The van der Waals surface area contributed by atoms with Gasteiger partial charge in [-0.15, -0.1) is 0 Å². The van der Waals surface area contributed by atoms with E-state index in [0.717, 1.165) is 39.3 Å². The van der Waals surface area contributed by atoms with Gasteiger partial charge in [-0.05, 0) is 36.7 Å². The van der Waals surface area contributed by atoms with Crippen molar-refractivity contribution < 1.29 is 28.5 Å². The number of morpholine rings is 1. The maximum absolute atomic E-state index is 12.9. The fourth-order valence-electron chi connectivity index (χ4n) is 3.69. The van der Waals surface area contributed by atoms with Gasteiger partial charge in [0.1, 0.15) is 4.32 Å². The standard InChI is InChI=1S/C23H31N3O6S2/c1-29-17-13-16(14-18(30-2)21(17)31-3)15-19-22(28)26(23(33)34-19)8-5-20(27)24-6-4-7-25-9-11-32-12-10-25/h13-15H,4-12H2,1-3H3,(H,24,27). The molecule has 186 valence electrons. The Morgan fingerprint density at radius 1 is 1.15 bits per heavy atom. The molecule has 2 aliphatic heterocycles. The molecular weight excluding hydrogens is 478 g/mol. The lowest BCUT2D eigenvalue weighted by Crippen LogP contribution is -2.38. The van der Waals surface area contributed by atoms with Gasteiger partial charge in [0.2, 0.25) is 11.7 Å². The predicted octanol–water partition coefficient (Wildman–Crippen LogP) is 2.14. The molecule has 11 heteroatoms. The number of nitrogens with one attached hydrogen (secondary N) is 1. The molecule has 1 aromatic carbocycles. The fourth-order valence-corrected chi connectivity index (χ4v) is 4.99. The van der Waals surface area contributed by atoms with Crippen molar-refractivity contribution in [1.82, 2.24) is 15.1 Å². The summed E-state index contributed by atoms with van der Waals surface area (Å²) in [4.78, 5) is 29.4. The van der Waals surface area contributed by atoms with Gasteiger partial charge in [0, 0.05) is 32.6 Å². The van der Waals surface area contributed by atoms with Crippen LogP contribution in [-0.2, 0) is 14.3 Å². The topological polar surface area (TPSA) is 89.6 Å². The molecule has 2 saturated heterocycles. The van der Waals surface area contributed by atoms with Crippen LogP contribution in [0.25, 0.3) is 6.08 Å². The minimum Gasteiger partial charge on any atom is -0.493 e. The van der Waals surface area contributed by atoms with Gasteiger partial charge in [0.15, 0.2) is 11.5 Å².